The number of rotatable bonds is 4. The quantitative estimate of drug-likeness (QED) is 0.548. The molecule has 0 atom stereocenters. The van der Waals surface area contributed by atoms with Crippen LogP contribution in [0.15, 0.2) is 53.4 Å². The van der Waals surface area contributed by atoms with E-state index in [4.69, 9.17) is 11.6 Å². The summed E-state index contributed by atoms with van der Waals surface area (Å²) in [4.78, 5) is 24.7. The second-order valence-corrected chi connectivity index (χ2v) is 9.23. The van der Waals surface area contributed by atoms with Crippen LogP contribution in [-0.4, -0.2) is 54.1 Å². The molecule has 0 aliphatic carbocycles. The highest BCUT2D eigenvalue weighted by molar-refractivity contribution is 7.89. The number of carbonyl (C=O) groups is 2. The molecule has 30 heavy (non-hydrogen) atoms. The Labute approximate surface area is 180 Å². The van der Waals surface area contributed by atoms with Gasteiger partial charge in [-0.25, -0.2) is 4.79 Å². The Kier molecular flexibility index (Phi) is 6.64. The molecular weight excluding hydrogens is 430 g/mol. The maximum Gasteiger partial charge on any atom is 0.358 e. The Morgan fingerprint density at radius 2 is 1.53 bits per heavy atom. The van der Waals surface area contributed by atoms with Crippen LogP contribution in [0.3, 0.4) is 0 Å². The van der Waals surface area contributed by atoms with Gasteiger partial charge in [-0.1, -0.05) is 40.3 Å². The Morgan fingerprint density at radius 3 is 2.03 bits per heavy atom. The van der Waals surface area contributed by atoms with Crippen molar-refractivity contribution >= 4 is 33.6 Å². The summed E-state index contributed by atoms with van der Waals surface area (Å²) in [6, 6.07) is 11.8. The Balaban J connectivity index is 1.69. The molecule has 0 radical (unpaired) electrons. The molecule has 3 rings (SSSR count). The van der Waals surface area contributed by atoms with Crippen molar-refractivity contribution in [1.29, 1.82) is 0 Å². The van der Waals surface area contributed by atoms with Gasteiger partial charge in [0.25, 0.3) is 10.0 Å². The fraction of sp³-hybridized carbons (Fsp3) is 0.300. The largest absolute Gasteiger partial charge is 0.358 e. The van der Waals surface area contributed by atoms with Crippen LogP contribution in [-0.2, 0) is 14.8 Å². The molecule has 3 amide bonds. The van der Waals surface area contributed by atoms with Gasteiger partial charge in [0.2, 0.25) is 5.91 Å². The minimum Gasteiger partial charge on any atom is -0.353 e. The predicted molar refractivity (Wildman–Crippen MR) is 112 cm³/mol. The first-order valence-corrected chi connectivity index (χ1v) is 11.2. The third-order valence-corrected chi connectivity index (χ3v) is 6.63. The number of benzene rings is 2. The number of sulfonamides is 1. The van der Waals surface area contributed by atoms with Gasteiger partial charge in [-0.15, -0.1) is 0 Å². The fourth-order valence-corrected chi connectivity index (χ4v) is 4.41. The zero-order chi connectivity index (χ0) is 21.9. The van der Waals surface area contributed by atoms with Crippen LogP contribution in [0.4, 0.5) is 4.79 Å². The summed E-state index contributed by atoms with van der Waals surface area (Å²) >= 11 is 5.88. The van der Waals surface area contributed by atoms with E-state index >= 15 is 0 Å². The molecule has 0 bridgehead atoms. The number of likely N-dealkylation sites (tertiary alicyclic amines) is 1. The van der Waals surface area contributed by atoms with E-state index in [1.165, 1.54) is 24.0 Å². The average molecular weight is 452 g/mol. The van der Waals surface area contributed by atoms with Crippen LogP contribution in [0.5, 0.6) is 0 Å². The summed E-state index contributed by atoms with van der Waals surface area (Å²) in [5.41, 5.74) is 1.61. The van der Waals surface area contributed by atoms with E-state index in [-0.39, 0.29) is 34.4 Å². The van der Waals surface area contributed by atoms with Crippen LogP contribution in [0.25, 0.3) is 11.1 Å². The van der Waals surface area contributed by atoms with Gasteiger partial charge in [0.15, 0.2) is 0 Å². The fourth-order valence-electron chi connectivity index (χ4n) is 3.29. The second kappa shape index (κ2) is 9.03. The molecule has 1 fully saturated rings. The summed E-state index contributed by atoms with van der Waals surface area (Å²) in [5, 5.41) is 13.5. The highest BCUT2D eigenvalue weighted by Gasteiger charge is 2.33. The number of piperidine rings is 1. The highest BCUT2D eigenvalue weighted by Crippen LogP contribution is 2.25. The van der Waals surface area contributed by atoms with E-state index in [1.54, 1.807) is 36.4 Å². The van der Waals surface area contributed by atoms with Crippen molar-refractivity contribution in [3.8, 4) is 11.1 Å². The molecule has 8 nitrogen and oxygen atoms in total. The molecule has 1 saturated heterocycles. The summed E-state index contributed by atoms with van der Waals surface area (Å²) in [6.45, 7) is 1.87. The van der Waals surface area contributed by atoms with E-state index in [9.17, 15) is 23.2 Å². The minimum absolute atomic E-state index is 0.0734. The monoisotopic (exact) mass is 451 g/mol. The molecule has 2 aromatic rings. The van der Waals surface area contributed by atoms with Crippen molar-refractivity contribution in [2.45, 2.75) is 30.7 Å². The van der Waals surface area contributed by atoms with Crippen molar-refractivity contribution in [1.82, 2.24) is 14.7 Å². The maximum absolute atomic E-state index is 12.7. The minimum atomic E-state index is -4.42. The lowest BCUT2D eigenvalue weighted by Crippen LogP contribution is -2.50. The average Bonchev–Trinajstić information content (AvgIpc) is 2.73. The Morgan fingerprint density at radius 1 is 1.03 bits per heavy atom. The van der Waals surface area contributed by atoms with Crippen LogP contribution >= 0.6 is 11.6 Å². The van der Waals surface area contributed by atoms with Gasteiger partial charge < -0.3 is 10.2 Å². The number of hydrogen-bond acceptors (Lipinski definition) is 5. The predicted octanol–water partition coefficient (Wildman–Crippen LogP) is 3.11. The lowest BCUT2D eigenvalue weighted by Gasteiger charge is -2.33. The number of urea groups is 1. The molecule has 10 heteroatoms. The van der Waals surface area contributed by atoms with E-state index in [1.807, 2.05) is 0 Å². The van der Waals surface area contributed by atoms with Crippen LogP contribution in [0, 0.1) is 0 Å². The van der Waals surface area contributed by atoms with Gasteiger partial charge in [0, 0.05) is 31.1 Å². The molecule has 1 aliphatic rings. The van der Waals surface area contributed by atoms with Gasteiger partial charge in [0.05, 0.1) is 4.90 Å². The summed E-state index contributed by atoms with van der Waals surface area (Å²) in [7, 11) is -4.42. The summed E-state index contributed by atoms with van der Waals surface area (Å²) in [6.07, 6.45) is 0.962. The topological polar surface area (TPSA) is 107 Å². The van der Waals surface area contributed by atoms with E-state index in [2.05, 4.69) is 5.32 Å². The number of amides is 3. The normalized spacial score (nSPS) is 15.0. The van der Waals surface area contributed by atoms with Gasteiger partial charge in [-0.3, -0.25) is 10.0 Å². The standard InChI is InChI=1S/C20H22ClN3O5S/c1-14(25)22-18-10-12-23(13-11-18)20(26)24(27)30(28,29)19-8-4-16(5-9-19)15-2-6-17(21)7-3-15/h2-9,18,27H,10-13H2,1H3,(H,22,25). The first-order valence-electron chi connectivity index (χ1n) is 9.34. The number of carbonyl (C=O) groups excluding carboxylic acids is 2. The molecule has 1 aliphatic heterocycles. The molecule has 1 heterocycles. The molecule has 0 aromatic heterocycles. The number of hydroxylamine groups is 1. The molecule has 160 valence electrons. The number of hydrogen-bond donors (Lipinski definition) is 2. The number of nitrogens with one attached hydrogen (secondary N) is 1. The molecule has 0 saturated carbocycles. The maximum atomic E-state index is 12.7. The zero-order valence-electron chi connectivity index (χ0n) is 16.3. The molecule has 2 N–H and O–H groups in total. The first kappa shape index (κ1) is 22.1. The molecular formula is C20H22ClN3O5S. The van der Waals surface area contributed by atoms with Crippen LogP contribution in [0.1, 0.15) is 19.8 Å². The van der Waals surface area contributed by atoms with E-state index < -0.39 is 16.1 Å². The van der Waals surface area contributed by atoms with Crippen LogP contribution < -0.4 is 5.32 Å². The lowest BCUT2D eigenvalue weighted by molar-refractivity contribution is -0.119. The second-order valence-electron chi connectivity index (χ2n) is 7.02. The van der Waals surface area contributed by atoms with Gasteiger partial charge >= 0.3 is 6.03 Å². The van der Waals surface area contributed by atoms with Crippen molar-refractivity contribution < 1.29 is 23.2 Å². The van der Waals surface area contributed by atoms with Crippen molar-refractivity contribution in [2.75, 3.05) is 13.1 Å². The molecule has 0 unspecified atom stereocenters. The van der Waals surface area contributed by atoms with Crippen LogP contribution in [0.2, 0.25) is 5.02 Å². The smallest absolute Gasteiger partial charge is 0.353 e. The van der Waals surface area contributed by atoms with E-state index in [0.717, 1.165) is 11.1 Å². The van der Waals surface area contributed by atoms with Gasteiger partial charge in [0.1, 0.15) is 0 Å². The lowest BCUT2D eigenvalue weighted by atomic mass is 10.1. The SMILES string of the molecule is CC(=O)NC1CCN(C(=O)N(O)S(=O)(=O)c2ccc(-c3ccc(Cl)cc3)cc2)CC1. The highest BCUT2D eigenvalue weighted by atomic mass is 35.5. The van der Waals surface area contributed by atoms with Gasteiger partial charge in [-0.05, 0) is 48.2 Å². The third-order valence-electron chi connectivity index (χ3n) is 4.89. The molecule has 2 aromatic carbocycles. The zero-order valence-corrected chi connectivity index (χ0v) is 17.9. The number of nitrogens with zero attached hydrogens (tertiary/aromatic N) is 2. The number of halogens is 1. The van der Waals surface area contributed by atoms with Crippen molar-refractivity contribution in [3.63, 3.8) is 0 Å². The van der Waals surface area contributed by atoms with Crippen molar-refractivity contribution in [2.24, 2.45) is 0 Å². The Hall–Kier alpha value is -2.62. The van der Waals surface area contributed by atoms with E-state index in [0.29, 0.717) is 17.9 Å². The Bertz CT molecular complexity index is 1020. The summed E-state index contributed by atoms with van der Waals surface area (Å²) in [5.74, 6) is -0.159. The van der Waals surface area contributed by atoms with Crippen molar-refractivity contribution in [3.05, 3.63) is 53.6 Å². The third kappa shape index (κ3) is 4.92. The van der Waals surface area contributed by atoms with Gasteiger partial charge in [-0.2, -0.15) is 8.42 Å². The summed E-state index contributed by atoms with van der Waals surface area (Å²) < 4.78 is 25.1. The first-order chi connectivity index (χ1) is 14.2. The molecule has 0 spiro atoms.